The number of nitrogens with zero attached hydrogens (tertiary/aromatic N) is 2. The van der Waals surface area contributed by atoms with E-state index in [0.717, 1.165) is 24.1 Å². The highest BCUT2D eigenvalue weighted by atomic mass is 32.2. The Labute approximate surface area is 155 Å². The summed E-state index contributed by atoms with van der Waals surface area (Å²) < 4.78 is 27.0. The number of piperidine rings is 1. The lowest BCUT2D eigenvalue weighted by molar-refractivity contribution is -0.121. The van der Waals surface area contributed by atoms with Gasteiger partial charge in [0.1, 0.15) is 0 Å². The minimum Gasteiger partial charge on any atom is -0.356 e. The average molecular weight is 378 g/mol. The van der Waals surface area contributed by atoms with Gasteiger partial charge in [0, 0.05) is 43.8 Å². The largest absolute Gasteiger partial charge is 0.356 e. The van der Waals surface area contributed by atoms with E-state index in [1.807, 2.05) is 12.1 Å². The summed E-state index contributed by atoms with van der Waals surface area (Å²) in [7, 11) is -3.15. The van der Waals surface area contributed by atoms with Crippen molar-refractivity contribution in [2.75, 3.05) is 25.9 Å². The molecule has 6 nitrogen and oxygen atoms in total. The van der Waals surface area contributed by atoms with E-state index < -0.39 is 10.0 Å². The molecule has 142 valence electrons. The molecule has 0 spiro atoms. The molecule has 1 amide bonds. The number of para-hydroxylation sites is 1. The first kappa shape index (κ1) is 18.9. The Kier molecular flexibility index (Phi) is 5.67. The number of benzene rings is 1. The van der Waals surface area contributed by atoms with Crippen molar-refractivity contribution < 1.29 is 13.2 Å². The monoisotopic (exact) mass is 377 g/mol. The van der Waals surface area contributed by atoms with Gasteiger partial charge in [-0.1, -0.05) is 18.2 Å². The Morgan fingerprint density at radius 1 is 1.31 bits per heavy atom. The number of aromatic nitrogens is 1. The van der Waals surface area contributed by atoms with Crippen molar-refractivity contribution in [2.45, 2.75) is 32.7 Å². The maximum Gasteiger partial charge on any atom is 0.221 e. The van der Waals surface area contributed by atoms with Gasteiger partial charge in [0.25, 0.3) is 0 Å². The zero-order valence-electron chi connectivity index (χ0n) is 15.4. The second kappa shape index (κ2) is 7.80. The van der Waals surface area contributed by atoms with Gasteiger partial charge in [0.2, 0.25) is 15.9 Å². The van der Waals surface area contributed by atoms with E-state index in [1.165, 1.54) is 15.9 Å². The summed E-state index contributed by atoms with van der Waals surface area (Å²) in [6.45, 7) is 4.32. The lowest BCUT2D eigenvalue weighted by atomic mass is 10.00. The Bertz CT molecular complexity index is 889. The number of carbonyl (C=O) groups excluding carboxylic acids is 1. The molecule has 1 aromatic heterocycles. The Morgan fingerprint density at radius 2 is 2.08 bits per heavy atom. The molecule has 7 heteroatoms. The smallest absolute Gasteiger partial charge is 0.221 e. The number of hydrogen-bond acceptors (Lipinski definition) is 3. The molecule has 2 aromatic rings. The standard InChI is InChI=1S/C19H27N3O3S/c1-15-12-17-7-3-4-8-18(17)22(15)11-9-19(23)20-13-16-6-5-10-21(14-16)26(2,24)25/h3-4,7-8,12,16H,5-6,9-11,13-14H2,1-2H3,(H,20,23). The predicted octanol–water partition coefficient (Wildman–Crippen LogP) is 2.13. The topological polar surface area (TPSA) is 71.4 Å². The third kappa shape index (κ3) is 4.45. The number of nitrogens with one attached hydrogen (secondary N) is 1. The quantitative estimate of drug-likeness (QED) is 0.838. The van der Waals surface area contributed by atoms with Crippen LogP contribution in [0, 0.1) is 12.8 Å². The van der Waals surface area contributed by atoms with E-state index in [9.17, 15) is 13.2 Å². The van der Waals surface area contributed by atoms with Gasteiger partial charge in [-0.3, -0.25) is 4.79 Å². The molecule has 1 saturated heterocycles. The molecule has 1 N–H and O–H groups in total. The van der Waals surface area contributed by atoms with Gasteiger partial charge in [-0.2, -0.15) is 0 Å². The average Bonchev–Trinajstić information content (AvgIpc) is 2.93. The Hall–Kier alpha value is -1.86. The van der Waals surface area contributed by atoms with Crippen molar-refractivity contribution in [1.82, 2.24) is 14.2 Å². The molecular formula is C19H27N3O3S. The predicted molar refractivity (Wildman–Crippen MR) is 103 cm³/mol. The maximum atomic E-state index is 12.3. The molecule has 2 heterocycles. The lowest BCUT2D eigenvalue weighted by Crippen LogP contribution is -2.43. The summed E-state index contributed by atoms with van der Waals surface area (Å²) in [6.07, 6.45) is 3.47. The summed E-state index contributed by atoms with van der Waals surface area (Å²) in [5.74, 6) is 0.204. The fourth-order valence-corrected chi connectivity index (χ4v) is 4.64. The molecule has 1 unspecified atom stereocenters. The molecule has 0 aliphatic carbocycles. The van der Waals surface area contributed by atoms with Crippen molar-refractivity contribution in [3.63, 3.8) is 0 Å². The van der Waals surface area contributed by atoms with Crippen LogP contribution in [0.3, 0.4) is 0 Å². The molecule has 1 aliphatic heterocycles. The van der Waals surface area contributed by atoms with E-state index >= 15 is 0 Å². The summed E-state index contributed by atoms with van der Waals surface area (Å²) in [5, 5.41) is 4.17. The van der Waals surface area contributed by atoms with Crippen LogP contribution in [0.4, 0.5) is 0 Å². The van der Waals surface area contributed by atoms with Gasteiger partial charge in [0.15, 0.2) is 0 Å². The first-order valence-corrected chi connectivity index (χ1v) is 11.0. The maximum absolute atomic E-state index is 12.3. The molecule has 0 saturated carbocycles. The zero-order valence-corrected chi connectivity index (χ0v) is 16.3. The third-order valence-corrected chi connectivity index (χ3v) is 6.39. The molecule has 26 heavy (non-hydrogen) atoms. The van der Waals surface area contributed by atoms with E-state index in [4.69, 9.17) is 0 Å². The van der Waals surface area contributed by atoms with Crippen LogP contribution in [0.5, 0.6) is 0 Å². The third-order valence-electron chi connectivity index (χ3n) is 5.12. The summed E-state index contributed by atoms with van der Waals surface area (Å²) >= 11 is 0. The summed E-state index contributed by atoms with van der Waals surface area (Å²) in [6, 6.07) is 10.3. The number of sulfonamides is 1. The molecule has 1 aliphatic rings. The Morgan fingerprint density at radius 3 is 2.85 bits per heavy atom. The van der Waals surface area contributed by atoms with Crippen molar-refractivity contribution in [3.8, 4) is 0 Å². The van der Waals surface area contributed by atoms with E-state index in [1.54, 1.807) is 0 Å². The minimum absolute atomic E-state index is 0.0126. The highest BCUT2D eigenvalue weighted by Crippen LogP contribution is 2.20. The van der Waals surface area contributed by atoms with E-state index in [0.29, 0.717) is 32.6 Å². The van der Waals surface area contributed by atoms with Crippen LogP contribution in [0.25, 0.3) is 10.9 Å². The number of aryl methyl sites for hydroxylation is 2. The van der Waals surface area contributed by atoms with Crippen LogP contribution < -0.4 is 5.32 Å². The van der Waals surface area contributed by atoms with Crippen LogP contribution in [0.1, 0.15) is 25.0 Å². The molecule has 1 aromatic carbocycles. The van der Waals surface area contributed by atoms with E-state index in [2.05, 4.69) is 35.0 Å². The normalized spacial score (nSPS) is 18.9. The first-order valence-electron chi connectivity index (χ1n) is 9.11. The lowest BCUT2D eigenvalue weighted by Gasteiger charge is -2.31. The number of fused-ring (bicyclic) bond motifs is 1. The van der Waals surface area contributed by atoms with Gasteiger partial charge in [-0.05, 0) is 43.2 Å². The Balaban J connectivity index is 1.51. The fraction of sp³-hybridized carbons (Fsp3) is 0.526. The van der Waals surface area contributed by atoms with Crippen LogP contribution in [-0.2, 0) is 21.4 Å². The van der Waals surface area contributed by atoms with Gasteiger partial charge in [-0.15, -0.1) is 0 Å². The van der Waals surface area contributed by atoms with Gasteiger partial charge in [-0.25, -0.2) is 12.7 Å². The van der Waals surface area contributed by atoms with Crippen LogP contribution in [0.15, 0.2) is 30.3 Å². The van der Waals surface area contributed by atoms with E-state index in [-0.39, 0.29) is 11.8 Å². The number of rotatable bonds is 6. The summed E-state index contributed by atoms with van der Waals surface area (Å²) in [5.41, 5.74) is 2.30. The first-order chi connectivity index (χ1) is 12.3. The van der Waals surface area contributed by atoms with Gasteiger partial charge < -0.3 is 9.88 Å². The van der Waals surface area contributed by atoms with Crippen LogP contribution in [-0.4, -0.2) is 49.1 Å². The van der Waals surface area contributed by atoms with Crippen LogP contribution >= 0.6 is 0 Å². The highest BCUT2D eigenvalue weighted by Gasteiger charge is 2.25. The van der Waals surface area contributed by atoms with Gasteiger partial charge in [0.05, 0.1) is 6.26 Å². The second-order valence-corrected chi connectivity index (χ2v) is 9.16. The molecule has 0 bridgehead atoms. The zero-order chi connectivity index (χ0) is 18.7. The van der Waals surface area contributed by atoms with Crippen molar-refractivity contribution in [3.05, 3.63) is 36.0 Å². The van der Waals surface area contributed by atoms with Crippen molar-refractivity contribution in [1.29, 1.82) is 0 Å². The molecular weight excluding hydrogens is 350 g/mol. The van der Waals surface area contributed by atoms with Gasteiger partial charge >= 0.3 is 0 Å². The molecule has 1 fully saturated rings. The number of hydrogen-bond donors (Lipinski definition) is 1. The fourth-order valence-electron chi connectivity index (χ4n) is 3.70. The van der Waals surface area contributed by atoms with Crippen molar-refractivity contribution in [2.24, 2.45) is 5.92 Å². The summed E-state index contributed by atoms with van der Waals surface area (Å²) in [4.78, 5) is 12.3. The SMILES string of the molecule is Cc1cc2ccccc2n1CCC(=O)NCC1CCCN(S(C)(=O)=O)C1. The molecule has 0 radical (unpaired) electrons. The number of amides is 1. The second-order valence-electron chi connectivity index (χ2n) is 7.18. The molecule has 3 rings (SSSR count). The number of carbonyl (C=O) groups is 1. The van der Waals surface area contributed by atoms with Crippen molar-refractivity contribution >= 4 is 26.8 Å². The minimum atomic E-state index is -3.15. The van der Waals surface area contributed by atoms with Crippen LogP contribution in [0.2, 0.25) is 0 Å². The highest BCUT2D eigenvalue weighted by molar-refractivity contribution is 7.88. The molecule has 1 atom stereocenters.